The Morgan fingerprint density at radius 1 is 1.18 bits per heavy atom. The van der Waals surface area contributed by atoms with Crippen LogP contribution < -0.4 is 15.4 Å². The van der Waals surface area contributed by atoms with Gasteiger partial charge < -0.3 is 14.8 Å². The highest BCUT2D eigenvalue weighted by atomic mass is 79.9. The molecular weight excluding hydrogens is 520 g/mol. The monoisotopic (exact) mass is 548 g/mol. The lowest BCUT2D eigenvalue weighted by molar-refractivity contribution is 0.130. The summed E-state index contributed by atoms with van der Waals surface area (Å²) in [7, 11) is 0. The summed E-state index contributed by atoms with van der Waals surface area (Å²) in [5.41, 5.74) is 3.03. The van der Waals surface area contributed by atoms with Crippen molar-refractivity contribution < 1.29 is 14.3 Å². The summed E-state index contributed by atoms with van der Waals surface area (Å²) >= 11 is 3.55. The Hall–Kier alpha value is -2.55. The number of nitrogens with zero attached hydrogens (tertiary/aromatic N) is 2. The van der Waals surface area contributed by atoms with Crippen LogP contribution in [-0.2, 0) is 17.9 Å². The number of anilines is 1. The normalized spacial score (nSPS) is 13.7. The maximum Gasteiger partial charge on any atom is 0.412 e. The van der Waals surface area contributed by atoms with Gasteiger partial charge in [-0.15, -0.1) is 12.4 Å². The van der Waals surface area contributed by atoms with Gasteiger partial charge in [0.05, 0.1) is 13.2 Å². The summed E-state index contributed by atoms with van der Waals surface area (Å²) in [6.07, 6.45) is 1.59. The van der Waals surface area contributed by atoms with Crippen LogP contribution in [0, 0.1) is 12.8 Å². The number of aryl methyl sites for hydroxylation is 1. The van der Waals surface area contributed by atoms with E-state index in [0.717, 1.165) is 53.0 Å². The molecule has 1 aromatic heterocycles. The summed E-state index contributed by atoms with van der Waals surface area (Å²) in [6.45, 7) is 5.36. The van der Waals surface area contributed by atoms with E-state index >= 15 is 0 Å². The SMILES string of the molecule is Cc1cc(NC(=O)OCC2CCNCC2)nn1Cc1cc(Br)ccc1OCc1ccccc1.Cl. The molecule has 1 aliphatic heterocycles. The van der Waals surface area contributed by atoms with Crippen LogP contribution in [0.2, 0.25) is 0 Å². The van der Waals surface area contributed by atoms with Crippen LogP contribution in [0.1, 0.15) is 29.7 Å². The van der Waals surface area contributed by atoms with Crippen LogP contribution >= 0.6 is 28.3 Å². The quantitative estimate of drug-likeness (QED) is 0.385. The molecule has 7 nitrogen and oxygen atoms in total. The fourth-order valence-corrected chi connectivity index (χ4v) is 4.23. The van der Waals surface area contributed by atoms with Crippen LogP contribution in [0.5, 0.6) is 5.75 Å². The van der Waals surface area contributed by atoms with Gasteiger partial charge in [-0.2, -0.15) is 5.10 Å². The number of benzene rings is 2. The minimum atomic E-state index is -0.465. The van der Waals surface area contributed by atoms with Gasteiger partial charge >= 0.3 is 6.09 Å². The fourth-order valence-electron chi connectivity index (χ4n) is 3.82. The van der Waals surface area contributed by atoms with Gasteiger partial charge in [0.25, 0.3) is 0 Å². The third-order valence-corrected chi connectivity index (χ3v) is 6.19. The zero-order valence-corrected chi connectivity index (χ0v) is 21.5. The maximum atomic E-state index is 12.2. The zero-order chi connectivity index (χ0) is 23.0. The lowest BCUT2D eigenvalue weighted by Gasteiger charge is -2.21. The minimum absolute atomic E-state index is 0. The topological polar surface area (TPSA) is 77.4 Å². The Kier molecular flexibility index (Phi) is 9.80. The fraction of sp³-hybridized carbons (Fsp3) is 0.360. The van der Waals surface area contributed by atoms with Gasteiger partial charge in [0.1, 0.15) is 12.4 Å². The number of ether oxygens (including phenoxy) is 2. The average Bonchev–Trinajstić information content (AvgIpc) is 3.17. The van der Waals surface area contributed by atoms with Crippen molar-refractivity contribution >= 4 is 40.2 Å². The second-order valence-corrected chi connectivity index (χ2v) is 9.19. The van der Waals surface area contributed by atoms with Crippen molar-refractivity contribution in [3.05, 3.63) is 75.9 Å². The van der Waals surface area contributed by atoms with Gasteiger partial charge in [-0.3, -0.25) is 10.00 Å². The molecule has 3 aromatic rings. The highest BCUT2D eigenvalue weighted by Crippen LogP contribution is 2.26. The molecule has 1 amide bonds. The number of carbonyl (C=O) groups excluding carboxylic acids is 1. The molecule has 1 fully saturated rings. The molecule has 0 spiro atoms. The van der Waals surface area contributed by atoms with Crippen molar-refractivity contribution in [3.63, 3.8) is 0 Å². The maximum absolute atomic E-state index is 12.2. The highest BCUT2D eigenvalue weighted by Gasteiger charge is 2.16. The predicted molar refractivity (Wildman–Crippen MR) is 139 cm³/mol. The molecule has 9 heteroatoms. The van der Waals surface area contributed by atoms with Crippen molar-refractivity contribution in [2.75, 3.05) is 25.0 Å². The number of amides is 1. The smallest absolute Gasteiger partial charge is 0.412 e. The van der Waals surface area contributed by atoms with Gasteiger partial charge in [-0.05, 0) is 62.5 Å². The van der Waals surface area contributed by atoms with E-state index in [2.05, 4.69) is 31.7 Å². The van der Waals surface area contributed by atoms with Crippen molar-refractivity contribution in [1.82, 2.24) is 15.1 Å². The van der Waals surface area contributed by atoms with Gasteiger partial charge in [0.2, 0.25) is 0 Å². The van der Waals surface area contributed by atoms with Gasteiger partial charge in [0, 0.05) is 21.8 Å². The lowest BCUT2D eigenvalue weighted by Crippen LogP contribution is -2.31. The Labute approximate surface area is 214 Å². The van der Waals surface area contributed by atoms with Crippen LogP contribution in [0.15, 0.2) is 59.1 Å². The molecular formula is C25H30BrClN4O3. The van der Waals surface area contributed by atoms with Crippen LogP contribution in [0.4, 0.5) is 10.6 Å². The van der Waals surface area contributed by atoms with E-state index in [0.29, 0.717) is 31.5 Å². The molecule has 0 atom stereocenters. The summed E-state index contributed by atoms with van der Waals surface area (Å²) < 4.78 is 14.3. The van der Waals surface area contributed by atoms with E-state index in [1.54, 1.807) is 0 Å². The van der Waals surface area contributed by atoms with Crippen molar-refractivity contribution in [1.29, 1.82) is 0 Å². The highest BCUT2D eigenvalue weighted by molar-refractivity contribution is 9.10. The van der Waals surface area contributed by atoms with E-state index in [9.17, 15) is 4.79 Å². The largest absolute Gasteiger partial charge is 0.489 e. The van der Waals surface area contributed by atoms with E-state index in [1.807, 2.05) is 66.2 Å². The summed E-state index contributed by atoms with van der Waals surface area (Å²) in [5.74, 6) is 1.69. The van der Waals surface area contributed by atoms with E-state index in [4.69, 9.17) is 9.47 Å². The first-order valence-corrected chi connectivity index (χ1v) is 12.0. The molecule has 0 aliphatic carbocycles. The molecule has 2 heterocycles. The molecule has 0 saturated carbocycles. The Balaban J connectivity index is 0.00000324. The number of halogens is 2. The van der Waals surface area contributed by atoms with E-state index < -0.39 is 6.09 Å². The number of aromatic nitrogens is 2. The number of hydrogen-bond acceptors (Lipinski definition) is 5. The third-order valence-electron chi connectivity index (χ3n) is 5.70. The van der Waals surface area contributed by atoms with E-state index in [1.165, 1.54) is 0 Å². The van der Waals surface area contributed by atoms with Gasteiger partial charge in [-0.1, -0.05) is 46.3 Å². The van der Waals surface area contributed by atoms with Crippen LogP contribution in [0.25, 0.3) is 0 Å². The molecule has 1 aliphatic rings. The van der Waals surface area contributed by atoms with Gasteiger partial charge in [0.15, 0.2) is 5.82 Å². The van der Waals surface area contributed by atoms with Crippen LogP contribution in [-0.4, -0.2) is 35.6 Å². The summed E-state index contributed by atoms with van der Waals surface area (Å²) in [4.78, 5) is 12.2. The Morgan fingerprint density at radius 2 is 1.94 bits per heavy atom. The zero-order valence-electron chi connectivity index (χ0n) is 19.1. The van der Waals surface area contributed by atoms with Crippen molar-refractivity contribution in [2.45, 2.75) is 32.9 Å². The first kappa shape index (κ1) is 26.1. The second kappa shape index (κ2) is 12.8. The molecule has 182 valence electrons. The molecule has 2 N–H and O–H groups in total. The number of hydrogen-bond donors (Lipinski definition) is 2. The molecule has 2 aromatic carbocycles. The first-order valence-electron chi connectivity index (χ1n) is 11.2. The number of piperidine rings is 1. The molecule has 0 radical (unpaired) electrons. The molecule has 4 rings (SSSR count). The van der Waals surface area contributed by atoms with Crippen molar-refractivity contribution in [2.24, 2.45) is 5.92 Å². The standard InChI is InChI=1S/C25H29BrN4O3.ClH/c1-18-13-24(28-25(31)33-17-20-9-11-27-12-10-20)29-30(18)15-21-14-22(26)7-8-23(21)32-16-19-5-3-2-4-6-19;/h2-8,13-14,20,27H,9-12,15-17H2,1H3,(H,28,29,31);1H. The molecule has 34 heavy (non-hydrogen) atoms. The lowest BCUT2D eigenvalue weighted by atomic mass is 9.99. The van der Waals surface area contributed by atoms with Gasteiger partial charge in [-0.25, -0.2) is 4.79 Å². The number of nitrogens with one attached hydrogen (secondary N) is 2. The first-order chi connectivity index (χ1) is 16.1. The average molecular weight is 550 g/mol. The Bertz CT molecular complexity index is 1070. The van der Waals surface area contributed by atoms with Crippen molar-refractivity contribution in [3.8, 4) is 5.75 Å². The number of carbonyl (C=O) groups is 1. The second-order valence-electron chi connectivity index (χ2n) is 8.27. The van der Waals surface area contributed by atoms with E-state index in [-0.39, 0.29) is 12.4 Å². The molecule has 0 unspecified atom stereocenters. The third kappa shape index (κ3) is 7.48. The number of rotatable bonds is 8. The van der Waals surface area contributed by atoms with Crippen LogP contribution in [0.3, 0.4) is 0 Å². The summed E-state index contributed by atoms with van der Waals surface area (Å²) in [6, 6.07) is 17.9. The predicted octanol–water partition coefficient (Wildman–Crippen LogP) is 5.55. The molecule has 1 saturated heterocycles. The minimum Gasteiger partial charge on any atom is -0.489 e. The molecule has 0 bridgehead atoms. The Morgan fingerprint density at radius 3 is 2.71 bits per heavy atom. The summed E-state index contributed by atoms with van der Waals surface area (Å²) in [5, 5.41) is 10.6.